The van der Waals surface area contributed by atoms with Crippen molar-refractivity contribution in [3.8, 4) is 0 Å². The molecule has 1 aliphatic carbocycles. The number of nitro benzene ring substituents is 1. The average Bonchev–Trinajstić information content (AvgIpc) is 2.35. The van der Waals surface area contributed by atoms with Crippen LogP contribution in [0, 0.1) is 16.0 Å². The minimum absolute atomic E-state index is 0.0861. The van der Waals surface area contributed by atoms with Gasteiger partial charge in [-0.3, -0.25) is 14.9 Å². The van der Waals surface area contributed by atoms with Crippen molar-refractivity contribution in [1.82, 2.24) is 0 Å². The zero-order valence-electron chi connectivity index (χ0n) is 10.7. The van der Waals surface area contributed by atoms with Crippen molar-refractivity contribution in [3.63, 3.8) is 0 Å². The van der Waals surface area contributed by atoms with Gasteiger partial charge < -0.3 is 10.0 Å². The second-order valence-corrected chi connectivity index (χ2v) is 4.99. The van der Waals surface area contributed by atoms with Crippen LogP contribution in [0.2, 0.25) is 0 Å². The maximum Gasteiger partial charge on any atom is 0.280 e. The van der Waals surface area contributed by atoms with Gasteiger partial charge in [0.2, 0.25) is 0 Å². The van der Waals surface area contributed by atoms with Crippen LogP contribution in [0.15, 0.2) is 18.2 Å². The number of aliphatic hydroxyl groups excluding tert-OH is 1. The Morgan fingerprint density at radius 2 is 2.21 bits per heavy atom. The number of aldehydes is 1. The highest BCUT2D eigenvalue weighted by molar-refractivity contribution is 5.83. The second-order valence-electron chi connectivity index (χ2n) is 4.99. The Bertz CT molecular complexity index is 497. The standard InChI is InChI=1S/C13H16N2O4/c1-14(7-9-4-12(17)5-9)11-2-3-13(15(18)19)10(6-11)8-16/h2-3,6,8-9,12,17H,4-5,7H2,1H3. The molecule has 6 heteroatoms. The molecule has 0 saturated heterocycles. The molecule has 0 amide bonds. The minimum Gasteiger partial charge on any atom is -0.393 e. The van der Waals surface area contributed by atoms with Crippen molar-refractivity contribution in [2.45, 2.75) is 18.9 Å². The molecule has 0 spiro atoms. The van der Waals surface area contributed by atoms with Crippen molar-refractivity contribution in [1.29, 1.82) is 0 Å². The Morgan fingerprint density at radius 1 is 1.53 bits per heavy atom. The van der Waals surface area contributed by atoms with E-state index in [4.69, 9.17) is 0 Å². The molecule has 0 aromatic heterocycles. The van der Waals surface area contributed by atoms with Crippen LogP contribution in [-0.4, -0.2) is 36.0 Å². The van der Waals surface area contributed by atoms with Crippen molar-refractivity contribution < 1.29 is 14.8 Å². The van der Waals surface area contributed by atoms with E-state index in [-0.39, 0.29) is 17.4 Å². The molecule has 0 aliphatic heterocycles. The van der Waals surface area contributed by atoms with E-state index in [0.29, 0.717) is 12.2 Å². The topological polar surface area (TPSA) is 83.7 Å². The largest absolute Gasteiger partial charge is 0.393 e. The first-order valence-electron chi connectivity index (χ1n) is 6.14. The number of hydrogen-bond donors (Lipinski definition) is 1. The monoisotopic (exact) mass is 264 g/mol. The van der Waals surface area contributed by atoms with Gasteiger partial charge in [0.25, 0.3) is 5.69 Å². The van der Waals surface area contributed by atoms with Gasteiger partial charge in [0.1, 0.15) is 0 Å². The normalized spacial score (nSPS) is 21.6. The summed E-state index contributed by atoms with van der Waals surface area (Å²) in [6.07, 6.45) is 1.89. The molecule has 1 fully saturated rings. The fraction of sp³-hybridized carbons (Fsp3) is 0.462. The van der Waals surface area contributed by atoms with E-state index in [1.165, 1.54) is 12.1 Å². The summed E-state index contributed by atoms with van der Waals surface area (Å²) in [5, 5.41) is 20.0. The molecule has 0 unspecified atom stereocenters. The van der Waals surface area contributed by atoms with Crippen LogP contribution in [0.5, 0.6) is 0 Å². The second kappa shape index (κ2) is 5.36. The van der Waals surface area contributed by atoms with Crippen LogP contribution in [-0.2, 0) is 0 Å². The maximum absolute atomic E-state index is 10.9. The summed E-state index contributed by atoms with van der Waals surface area (Å²) in [5.74, 6) is 0.440. The fourth-order valence-corrected chi connectivity index (χ4v) is 2.38. The Labute approximate surface area is 110 Å². The van der Waals surface area contributed by atoms with Crippen LogP contribution in [0.25, 0.3) is 0 Å². The van der Waals surface area contributed by atoms with E-state index >= 15 is 0 Å². The lowest BCUT2D eigenvalue weighted by atomic mass is 9.82. The summed E-state index contributed by atoms with van der Waals surface area (Å²) in [6.45, 7) is 0.771. The molecule has 1 aromatic carbocycles. The first-order chi connectivity index (χ1) is 9.01. The van der Waals surface area contributed by atoms with Crippen molar-refractivity contribution in [2.24, 2.45) is 5.92 Å². The zero-order valence-corrected chi connectivity index (χ0v) is 10.7. The SMILES string of the molecule is CN(CC1CC(O)C1)c1ccc([N+](=O)[O-])c(C=O)c1. The molecule has 0 bridgehead atoms. The lowest BCUT2D eigenvalue weighted by Crippen LogP contribution is -2.37. The van der Waals surface area contributed by atoms with E-state index in [1.807, 2.05) is 11.9 Å². The van der Waals surface area contributed by atoms with Crippen LogP contribution >= 0.6 is 0 Å². The van der Waals surface area contributed by atoms with Crippen LogP contribution in [0.1, 0.15) is 23.2 Å². The van der Waals surface area contributed by atoms with Gasteiger partial charge in [0.15, 0.2) is 6.29 Å². The van der Waals surface area contributed by atoms with Gasteiger partial charge in [-0.2, -0.15) is 0 Å². The number of hydrogen-bond acceptors (Lipinski definition) is 5. The predicted octanol–water partition coefficient (Wildman–Crippen LogP) is 1.61. The minimum atomic E-state index is -0.560. The molecule has 1 aromatic rings. The van der Waals surface area contributed by atoms with E-state index in [9.17, 15) is 20.0 Å². The quantitative estimate of drug-likeness (QED) is 0.496. The van der Waals surface area contributed by atoms with E-state index in [2.05, 4.69) is 0 Å². The van der Waals surface area contributed by atoms with Gasteiger partial charge in [-0.1, -0.05) is 0 Å². The van der Waals surface area contributed by atoms with Gasteiger partial charge in [0, 0.05) is 25.3 Å². The summed E-state index contributed by atoms with van der Waals surface area (Å²) in [6, 6.07) is 4.52. The molecular formula is C13H16N2O4. The zero-order chi connectivity index (χ0) is 14.0. The summed E-state index contributed by atoms with van der Waals surface area (Å²) >= 11 is 0. The van der Waals surface area contributed by atoms with Gasteiger partial charge in [-0.05, 0) is 30.9 Å². The molecule has 1 N–H and O–H groups in total. The van der Waals surface area contributed by atoms with Gasteiger partial charge in [0.05, 0.1) is 16.6 Å². The first kappa shape index (κ1) is 13.5. The molecule has 19 heavy (non-hydrogen) atoms. The van der Waals surface area contributed by atoms with Gasteiger partial charge in [-0.15, -0.1) is 0 Å². The summed E-state index contributed by atoms with van der Waals surface area (Å²) < 4.78 is 0. The maximum atomic E-state index is 10.9. The third kappa shape index (κ3) is 2.90. The van der Waals surface area contributed by atoms with Gasteiger partial charge in [-0.25, -0.2) is 0 Å². The highest BCUT2D eigenvalue weighted by atomic mass is 16.6. The number of aliphatic hydroxyl groups is 1. The van der Waals surface area contributed by atoms with Crippen molar-refractivity contribution >= 4 is 17.7 Å². The summed E-state index contributed by atoms with van der Waals surface area (Å²) in [5.41, 5.74) is 0.684. The molecular weight excluding hydrogens is 248 g/mol. The lowest BCUT2D eigenvalue weighted by molar-refractivity contribution is -0.385. The molecule has 0 atom stereocenters. The number of benzene rings is 1. The van der Waals surface area contributed by atoms with Gasteiger partial charge >= 0.3 is 0 Å². The van der Waals surface area contributed by atoms with E-state index < -0.39 is 4.92 Å². The number of nitro groups is 1. The Kier molecular flexibility index (Phi) is 3.80. The molecule has 0 heterocycles. The van der Waals surface area contributed by atoms with E-state index in [0.717, 1.165) is 25.1 Å². The molecule has 1 saturated carbocycles. The predicted molar refractivity (Wildman–Crippen MR) is 70.5 cm³/mol. The Hall–Kier alpha value is -1.95. The number of carbonyl (C=O) groups is 1. The van der Waals surface area contributed by atoms with Crippen LogP contribution in [0.4, 0.5) is 11.4 Å². The number of nitrogens with zero attached hydrogens (tertiary/aromatic N) is 2. The van der Waals surface area contributed by atoms with Crippen LogP contribution in [0.3, 0.4) is 0 Å². The third-order valence-electron chi connectivity index (χ3n) is 3.52. The first-order valence-corrected chi connectivity index (χ1v) is 6.14. The summed E-state index contributed by atoms with van der Waals surface area (Å²) in [4.78, 5) is 23.0. The van der Waals surface area contributed by atoms with Crippen molar-refractivity contribution in [2.75, 3.05) is 18.5 Å². The molecule has 2 rings (SSSR count). The highest BCUT2D eigenvalue weighted by Gasteiger charge is 2.28. The number of carbonyl (C=O) groups excluding carboxylic acids is 1. The van der Waals surface area contributed by atoms with Crippen molar-refractivity contribution in [3.05, 3.63) is 33.9 Å². The molecule has 102 valence electrons. The molecule has 6 nitrogen and oxygen atoms in total. The Balaban J connectivity index is 2.11. The molecule has 0 radical (unpaired) electrons. The Morgan fingerprint density at radius 3 is 2.74 bits per heavy atom. The number of rotatable bonds is 5. The molecule has 1 aliphatic rings. The average molecular weight is 264 g/mol. The smallest absolute Gasteiger partial charge is 0.280 e. The fourth-order valence-electron chi connectivity index (χ4n) is 2.38. The highest BCUT2D eigenvalue weighted by Crippen LogP contribution is 2.30. The summed E-state index contributed by atoms with van der Waals surface area (Å²) in [7, 11) is 1.88. The van der Waals surface area contributed by atoms with E-state index in [1.54, 1.807) is 6.07 Å². The third-order valence-corrected chi connectivity index (χ3v) is 3.52. The van der Waals surface area contributed by atoms with Crippen LogP contribution < -0.4 is 4.90 Å². The number of anilines is 1. The lowest BCUT2D eigenvalue weighted by Gasteiger charge is -2.35.